The fourth-order valence-electron chi connectivity index (χ4n) is 4.44. The predicted molar refractivity (Wildman–Crippen MR) is 129 cm³/mol. The minimum Gasteiger partial charge on any atom is -0.354 e. The lowest BCUT2D eigenvalue weighted by molar-refractivity contribution is -0.125. The van der Waals surface area contributed by atoms with Gasteiger partial charge in [0.15, 0.2) is 11.2 Å². The number of anilines is 1. The molecule has 4 rings (SSSR count). The fourth-order valence-corrected chi connectivity index (χ4v) is 4.67. The molecule has 2 aromatic heterocycles. The van der Waals surface area contributed by atoms with Crippen molar-refractivity contribution >= 4 is 34.6 Å². The maximum Gasteiger partial charge on any atom is 0.332 e. The molecule has 182 valence electrons. The molecule has 0 radical (unpaired) electrons. The number of aryl methyl sites for hydroxylation is 1. The van der Waals surface area contributed by atoms with Gasteiger partial charge in [-0.3, -0.25) is 23.3 Å². The number of hydrogen-bond donors (Lipinski definition) is 1. The number of carbonyl (C=O) groups excluding carboxylic acids is 1. The standard InChI is InChI=1S/C23H28ClFN6O3/c1-13(2)26-20(32)14-7-6-10-30(11-14)22-27-19-18(21(33)29(4)23(34)28(19)3)31(22)12-15-16(24)8-5-9-17(15)25/h5,8-9,13-14H,6-7,10-12H2,1-4H3,(H,26,32). The van der Waals surface area contributed by atoms with Gasteiger partial charge in [0, 0.05) is 43.8 Å². The minimum absolute atomic E-state index is 0.0215. The van der Waals surface area contributed by atoms with E-state index < -0.39 is 17.1 Å². The second kappa shape index (κ2) is 9.25. The van der Waals surface area contributed by atoms with Gasteiger partial charge in [0.1, 0.15) is 5.82 Å². The molecule has 3 aromatic rings. The van der Waals surface area contributed by atoms with E-state index in [4.69, 9.17) is 11.6 Å². The average molecular weight is 491 g/mol. The number of nitrogens with zero attached hydrogens (tertiary/aromatic N) is 5. The van der Waals surface area contributed by atoms with E-state index in [-0.39, 0.29) is 46.2 Å². The molecule has 0 bridgehead atoms. The highest BCUT2D eigenvalue weighted by molar-refractivity contribution is 6.31. The van der Waals surface area contributed by atoms with Crippen molar-refractivity contribution in [3.8, 4) is 0 Å². The fraction of sp³-hybridized carbons (Fsp3) is 0.478. The molecule has 1 unspecified atom stereocenters. The van der Waals surface area contributed by atoms with Crippen LogP contribution >= 0.6 is 11.6 Å². The zero-order valence-corrected chi connectivity index (χ0v) is 20.4. The van der Waals surface area contributed by atoms with Crippen LogP contribution in [0.25, 0.3) is 11.2 Å². The van der Waals surface area contributed by atoms with Crippen molar-refractivity contribution in [2.45, 2.75) is 39.3 Å². The number of aromatic nitrogens is 4. The Morgan fingerprint density at radius 3 is 2.68 bits per heavy atom. The Labute approximate surface area is 200 Å². The van der Waals surface area contributed by atoms with Gasteiger partial charge in [0.2, 0.25) is 11.9 Å². The lowest BCUT2D eigenvalue weighted by atomic mass is 9.97. The van der Waals surface area contributed by atoms with Crippen molar-refractivity contribution in [3.63, 3.8) is 0 Å². The summed E-state index contributed by atoms with van der Waals surface area (Å²) >= 11 is 6.30. The molecule has 0 saturated carbocycles. The molecule has 1 atom stereocenters. The highest BCUT2D eigenvalue weighted by Gasteiger charge is 2.30. The first-order valence-electron chi connectivity index (χ1n) is 11.2. The first kappa shape index (κ1) is 24.0. The summed E-state index contributed by atoms with van der Waals surface area (Å²) in [7, 11) is 2.93. The number of imidazole rings is 1. The Balaban J connectivity index is 1.88. The molecule has 0 spiro atoms. The van der Waals surface area contributed by atoms with Crippen molar-refractivity contribution < 1.29 is 9.18 Å². The van der Waals surface area contributed by atoms with Crippen LogP contribution < -0.4 is 21.5 Å². The number of carbonyl (C=O) groups is 1. The Morgan fingerprint density at radius 2 is 2.00 bits per heavy atom. The van der Waals surface area contributed by atoms with Crippen LogP contribution in [0.4, 0.5) is 10.3 Å². The monoisotopic (exact) mass is 490 g/mol. The molecule has 9 nitrogen and oxygen atoms in total. The minimum atomic E-state index is -0.532. The van der Waals surface area contributed by atoms with Crippen molar-refractivity contribution in [2.75, 3.05) is 18.0 Å². The zero-order valence-electron chi connectivity index (χ0n) is 19.6. The molecule has 0 aliphatic carbocycles. The third-order valence-electron chi connectivity index (χ3n) is 6.21. The summed E-state index contributed by atoms with van der Waals surface area (Å²) in [5.74, 6) is -0.402. The van der Waals surface area contributed by atoms with Gasteiger partial charge in [-0.05, 0) is 38.8 Å². The van der Waals surface area contributed by atoms with Crippen LogP contribution in [0.5, 0.6) is 0 Å². The molecule has 1 aliphatic rings. The van der Waals surface area contributed by atoms with Crippen LogP contribution in [0.2, 0.25) is 5.02 Å². The second-order valence-electron chi connectivity index (χ2n) is 9.02. The summed E-state index contributed by atoms with van der Waals surface area (Å²) in [6, 6.07) is 4.42. The van der Waals surface area contributed by atoms with E-state index in [1.807, 2.05) is 18.7 Å². The quantitative estimate of drug-likeness (QED) is 0.590. The average Bonchev–Trinajstić information content (AvgIpc) is 3.18. The third-order valence-corrected chi connectivity index (χ3v) is 6.57. The van der Waals surface area contributed by atoms with Gasteiger partial charge in [-0.25, -0.2) is 9.18 Å². The van der Waals surface area contributed by atoms with E-state index in [2.05, 4.69) is 10.3 Å². The predicted octanol–water partition coefficient (Wildman–Crippen LogP) is 2.02. The van der Waals surface area contributed by atoms with Crippen molar-refractivity contribution in [1.82, 2.24) is 24.0 Å². The van der Waals surface area contributed by atoms with E-state index >= 15 is 0 Å². The van der Waals surface area contributed by atoms with Crippen LogP contribution in [0, 0.1) is 11.7 Å². The van der Waals surface area contributed by atoms with Crippen LogP contribution in [0.1, 0.15) is 32.3 Å². The topological polar surface area (TPSA) is 94.2 Å². The third kappa shape index (κ3) is 4.22. The Bertz CT molecular complexity index is 1360. The van der Waals surface area contributed by atoms with Gasteiger partial charge in [0.05, 0.1) is 12.5 Å². The number of piperidine rings is 1. The normalized spacial score (nSPS) is 16.4. The first-order valence-corrected chi connectivity index (χ1v) is 11.6. The van der Waals surface area contributed by atoms with Crippen molar-refractivity contribution in [3.05, 3.63) is 55.4 Å². The van der Waals surface area contributed by atoms with E-state index in [0.717, 1.165) is 17.4 Å². The number of rotatable bonds is 5. The van der Waals surface area contributed by atoms with Crippen molar-refractivity contribution in [1.29, 1.82) is 0 Å². The number of halogens is 2. The summed E-state index contributed by atoms with van der Waals surface area (Å²) < 4.78 is 18.6. The van der Waals surface area contributed by atoms with E-state index in [0.29, 0.717) is 19.0 Å². The second-order valence-corrected chi connectivity index (χ2v) is 9.43. The largest absolute Gasteiger partial charge is 0.354 e. The number of amides is 1. The molecule has 1 aromatic carbocycles. The summed E-state index contributed by atoms with van der Waals surface area (Å²) in [5.41, 5.74) is -0.454. The Kier molecular flexibility index (Phi) is 6.53. The molecule has 1 amide bonds. The molecule has 1 aliphatic heterocycles. The van der Waals surface area contributed by atoms with Crippen LogP contribution in [-0.4, -0.2) is 43.7 Å². The van der Waals surface area contributed by atoms with Gasteiger partial charge in [-0.15, -0.1) is 0 Å². The zero-order chi connectivity index (χ0) is 24.7. The highest BCUT2D eigenvalue weighted by Crippen LogP contribution is 2.28. The molecule has 1 N–H and O–H groups in total. The molecule has 11 heteroatoms. The first-order chi connectivity index (χ1) is 16.1. The van der Waals surface area contributed by atoms with Gasteiger partial charge in [-0.1, -0.05) is 17.7 Å². The molecular formula is C23H28ClFN6O3. The molecule has 34 heavy (non-hydrogen) atoms. The lowest BCUT2D eigenvalue weighted by Crippen LogP contribution is -2.45. The van der Waals surface area contributed by atoms with E-state index in [1.165, 1.54) is 30.8 Å². The summed E-state index contributed by atoms with van der Waals surface area (Å²) in [6.07, 6.45) is 1.48. The van der Waals surface area contributed by atoms with Crippen LogP contribution in [0.15, 0.2) is 27.8 Å². The van der Waals surface area contributed by atoms with Gasteiger partial charge < -0.3 is 10.2 Å². The van der Waals surface area contributed by atoms with Gasteiger partial charge in [-0.2, -0.15) is 4.98 Å². The molecule has 1 fully saturated rings. The maximum atomic E-state index is 14.7. The number of nitrogens with one attached hydrogen (secondary N) is 1. The van der Waals surface area contributed by atoms with Gasteiger partial charge >= 0.3 is 5.69 Å². The van der Waals surface area contributed by atoms with Crippen LogP contribution in [-0.2, 0) is 25.4 Å². The number of hydrogen-bond acceptors (Lipinski definition) is 5. The SMILES string of the molecule is CC(C)NC(=O)C1CCCN(c2nc3c(c(=O)n(C)c(=O)n3C)n2Cc2c(F)cccc2Cl)C1. The molecular weight excluding hydrogens is 463 g/mol. The lowest BCUT2D eigenvalue weighted by Gasteiger charge is -2.33. The Morgan fingerprint density at radius 1 is 1.26 bits per heavy atom. The summed E-state index contributed by atoms with van der Waals surface area (Å²) in [5, 5.41) is 3.18. The summed E-state index contributed by atoms with van der Waals surface area (Å²) in [4.78, 5) is 45.0. The summed E-state index contributed by atoms with van der Waals surface area (Å²) in [6.45, 7) is 4.76. The number of benzene rings is 1. The number of fused-ring (bicyclic) bond motifs is 1. The van der Waals surface area contributed by atoms with Crippen molar-refractivity contribution in [2.24, 2.45) is 20.0 Å². The van der Waals surface area contributed by atoms with E-state index in [1.54, 1.807) is 10.6 Å². The molecule has 1 saturated heterocycles. The Hall–Kier alpha value is -3.14. The van der Waals surface area contributed by atoms with Gasteiger partial charge in [0.25, 0.3) is 5.56 Å². The molecule has 3 heterocycles. The maximum absolute atomic E-state index is 14.7. The van der Waals surface area contributed by atoms with Crippen LogP contribution in [0.3, 0.4) is 0 Å². The van der Waals surface area contributed by atoms with E-state index in [9.17, 15) is 18.8 Å². The smallest absolute Gasteiger partial charge is 0.332 e. The highest BCUT2D eigenvalue weighted by atomic mass is 35.5.